The van der Waals surface area contributed by atoms with Crippen LogP contribution in [0.3, 0.4) is 0 Å². The number of benzene rings is 4. The van der Waals surface area contributed by atoms with E-state index in [4.69, 9.17) is 10.8 Å². The van der Waals surface area contributed by atoms with E-state index in [0.717, 1.165) is 16.7 Å². The van der Waals surface area contributed by atoms with Crippen molar-refractivity contribution in [2.45, 2.75) is 57.5 Å². The molecule has 0 spiro atoms. The van der Waals surface area contributed by atoms with Gasteiger partial charge in [-0.25, -0.2) is 13.6 Å². The summed E-state index contributed by atoms with van der Waals surface area (Å²) in [7, 11) is 0. The molecule has 316 valence electrons. The molecule has 0 aliphatic rings. The number of nitrogens with zero attached hydrogens (tertiary/aromatic N) is 4. The number of rotatable bonds is 19. The van der Waals surface area contributed by atoms with E-state index in [1.807, 2.05) is 24.3 Å². The summed E-state index contributed by atoms with van der Waals surface area (Å²) >= 11 is 0. The number of aromatic amines is 2. The summed E-state index contributed by atoms with van der Waals surface area (Å²) in [4.78, 5) is 59.1. The first-order valence-electron chi connectivity index (χ1n) is 19.2. The third kappa shape index (κ3) is 13.4. The predicted molar refractivity (Wildman–Crippen MR) is 219 cm³/mol. The Labute approximate surface area is 348 Å². The number of amides is 1. The second kappa shape index (κ2) is 21.7. The molecular weight excluding hydrogens is 791 g/mol. The number of halogens is 2. The molecule has 15 nitrogen and oxygen atoms in total. The molecule has 61 heavy (non-hydrogen) atoms. The third-order valence-electron chi connectivity index (χ3n) is 9.82. The number of carbonyl (C=O) groups is 5. The van der Waals surface area contributed by atoms with Gasteiger partial charge in [-0.2, -0.15) is 30.8 Å². The van der Waals surface area contributed by atoms with Crippen molar-refractivity contribution in [3.05, 3.63) is 144 Å². The fraction of sp³-hybridized carbons (Fsp3) is 0.250. The Kier molecular flexibility index (Phi) is 15.9. The van der Waals surface area contributed by atoms with Crippen molar-refractivity contribution in [1.29, 1.82) is 0 Å². The van der Waals surface area contributed by atoms with Gasteiger partial charge in [0.1, 0.15) is 35.1 Å². The molecule has 2 heterocycles. The summed E-state index contributed by atoms with van der Waals surface area (Å²) < 4.78 is 28.0. The van der Waals surface area contributed by atoms with Gasteiger partial charge in [0.2, 0.25) is 5.91 Å². The highest BCUT2D eigenvalue weighted by atomic mass is 19.1. The summed E-state index contributed by atoms with van der Waals surface area (Å²) in [5.74, 6) is -4.56. The van der Waals surface area contributed by atoms with Gasteiger partial charge in [-0.05, 0) is 71.9 Å². The van der Waals surface area contributed by atoms with E-state index >= 15 is 0 Å². The van der Waals surface area contributed by atoms with Crippen LogP contribution in [0.4, 0.5) is 8.78 Å². The molecule has 2 aromatic heterocycles. The van der Waals surface area contributed by atoms with Crippen LogP contribution >= 0.6 is 0 Å². The van der Waals surface area contributed by atoms with Crippen molar-refractivity contribution in [3.63, 3.8) is 0 Å². The average molecular weight is 835 g/mol. The molecular formula is C44H44F2N8O7. The molecule has 6 aromatic rings. The first kappa shape index (κ1) is 44.8. The van der Waals surface area contributed by atoms with Crippen LogP contribution in [0.25, 0.3) is 22.3 Å². The van der Waals surface area contributed by atoms with Crippen molar-refractivity contribution < 1.29 is 43.0 Å². The van der Waals surface area contributed by atoms with E-state index in [0.29, 0.717) is 29.5 Å². The summed E-state index contributed by atoms with van der Waals surface area (Å²) in [5.41, 5.74) is 10.3. The van der Waals surface area contributed by atoms with Crippen LogP contribution in [0, 0.1) is 23.5 Å². The standard InChI is InChI=1S/C23H23FN4O4.C21H21FN4O3/c1-14(29)26-20(23(31)32)11-16(12-22(30)21-13-25-28-27-21)10-15-6-8-17(9-7-15)18-4-2-3-5-19(18)24;22-17-4-2-1-3-16(17)15-7-5-13(6-8-15)9-14(10-18(23)21(28)29)11-20(27)19-12-24-26-25-19/h2-9,13,16,20H,10-12H2,1H3,(H,26,29)(H,31,32)(H,25,27,28);1-8,12,14,18H,9-11,23H2,(H,28,29)(H,24,25,26)/t16-,20-;14-,18-/m11/s1. The Morgan fingerprint density at radius 3 is 1.43 bits per heavy atom. The molecule has 4 aromatic carbocycles. The van der Waals surface area contributed by atoms with Gasteiger partial charge in [-0.1, -0.05) is 84.9 Å². The molecule has 6 rings (SSSR count). The summed E-state index contributed by atoms with van der Waals surface area (Å²) in [6.45, 7) is 1.24. The number of carboxylic acids is 2. The molecule has 1 amide bonds. The van der Waals surface area contributed by atoms with E-state index < -0.39 is 29.9 Å². The van der Waals surface area contributed by atoms with Gasteiger partial charge in [-0.3, -0.25) is 19.2 Å². The number of Topliss-reactive ketones (excluding diaryl/α,β-unsaturated/α-hetero) is 2. The lowest BCUT2D eigenvalue weighted by atomic mass is 9.87. The van der Waals surface area contributed by atoms with Crippen LogP contribution in [0.2, 0.25) is 0 Å². The number of hydrogen-bond acceptors (Lipinski definition) is 10. The fourth-order valence-electron chi connectivity index (χ4n) is 6.84. The molecule has 4 atom stereocenters. The van der Waals surface area contributed by atoms with Crippen LogP contribution in [-0.2, 0) is 27.2 Å². The minimum absolute atomic E-state index is 0.0327. The van der Waals surface area contributed by atoms with Gasteiger partial charge in [0.25, 0.3) is 0 Å². The van der Waals surface area contributed by atoms with Crippen molar-refractivity contribution in [2.75, 3.05) is 0 Å². The van der Waals surface area contributed by atoms with E-state index in [-0.39, 0.29) is 72.1 Å². The molecule has 0 saturated heterocycles. The van der Waals surface area contributed by atoms with Gasteiger partial charge in [0, 0.05) is 30.9 Å². The number of carbonyl (C=O) groups excluding carboxylic acids is 3. The molecule has 0 unspecified atom stereocenters. The number of H-pyrrole nitrogens is 2. The quantitative estimate of drug-likeness (QED) is 0.0525. The van der Waals surface area contributed by atoms with E-state index in [1.54, 1.807) is 60.7 Å². The zero-order valence-corrected chi connectivity index (χ0v) is 33.0. The smallest absolute Gasteiger partial charge is 0.326 e. The largest absolute Gasteiger partial charge is 0.480 e. The highest BCUT2D eigenvalue weighted by molar-refractivity contribution is 5.94. The predicted octanol–water partition coefficient (Wildman–Crippen LogP) is 5.87. The maximum absolute atomic E-state index is 14.0. The third-order valence-corrected chi connectivity index (χ3v) is 9.82. The maximum atomic E-state index is 14.0. The van der Waals surface area contributed by atoms with Gasteiger partial charge in [0.15, 0.2) is 11.6 Å². The van der Waals surface area contributed by atoms with Crippen molar-refractivity contribution in [2.24, 2.45) is 17.6 Å². The lowest BCUT2D eigenvalue weighted by Gasteiger charge is -2.21. The van der Waals surface area contributed by atoms with E-state index in [1.165, 1.54) is 31.5 Å². The Morgan fingerprint density at radius 2 is 1.07 bits per heavy atom. The first-order chi connectivity index (χ1) is 29.3. The fourth-order valence-corrected chi connectivity index (χ4v) is 6.84. The normalized spacial score (nSPS) is 12.9. The van der Waals surface area contributed by atoms with Crippen LogP contribution in [0.15, 0.2) is 109 Å². The summed E-state index contributed by atoms with van der Waals surface area (Å²) in [6, 6.07) is 25.3. The number of aromatic nitrogens is 6. The molecule has 0 saturated carbocycles. The van der Waals surface area contributed by atoms with Crippen molar-refractivity contribution in [3.8, 4) is 22.3 Å². The van der Waals surface area contributed by atoms with Gasteiger partial charge < -0.3 is 21.3 Å². The molecule has 17 heteroatoms. The monoisotopic (exact) mass is 834 g/mol. The zero-order chi connectivity index (χ0) is 43.9. The Bertz CT molecular complexity index is 2390. The minimum atomic E-state index is -1.17. The molecule has 0 aliphatic carbocycles. The molecule has 7 N–H and O–H groups in total. The lowest BCUT2D eigenvalue weighted by molar-refractivity contribution is -0.142. The molecule has 0 fully saturated rings. The number of hydrogen-bond donors (Lipinski definition) is 6. The van der Waals surface area contributed by atoms with Crippen molar-refractivity contribution >= 4 is 29.4 Å². The molecule has 0 bridgehead atoms. The van der Waals surface area contributed by atoms with Crippen LogP contribution in [0.1, 0.15) is 64.7 Å². The van der Waals surface area contributed by atoms with Crippen molar-refractivity contribution in [1.82, 2.24) is 36.1 Å². The van der Waals surface area contributed by atoms with Gasteiger partial charge in [0.05, 0.1) is 12.4 Å². The number of nitrogens with two attached hydrogens (primary N) is 1. The molecule has 0 aliphatic heterocycles. The number of ketones is 2. The van der Waals surface area contributed by atoms with Crippen LogP contribution in [0.5, 0.6) is 0 Å². The van der Waals surface area contributed by atoms with Gasteiger partial charge >= 0.3 is 11.9 Å². The lowest BCUT2D eigenvalue weighted by Crippen LogP contribution is -2.41. The minimum Gasteiger partial charge on any atom is -0.480 e. The van der Waals surface area contributed by atoms with E-state index in [2.05, 4.69) is 36.1 Å². The Balaban J connectivity index is 0.000000232. The maximum Gasteiger partial charge on any atom is 0.326 e. The summed E-state index contributed by atoms with van der Waals surface area (Å²) in [5, 5.41) is 40.6. The molecule has 0 radical (unpaired) electrons. The summed E-state index contributed by atoms with van der Waals surface area (Å²) in [6.07, 6.45) is 3.84. The highest BCUT2D eigenvalue weighted by Crippen LogP contribution is 2.27. The number of aliphatic carboxylic acids is 2. The topological polar surface area (TPSA) is 247 Å². The second-order valence-corrected chi connectivity index (χ2v) is 14.5. The van der Waals surface area contributed by atoms with Gasteiger partial charge in [-0.15, -0.1) is 0 Å². The number of nitrogens with one attached hydrogen (secondary N) is 3. The first-order valence-corrected chi connectivity index (χ1v) is 19.2. The Hall–Kier alpha value is -7.27. The van der Waals surface area contributed by atoms with Crippen LogP contribution in [-0.4, -0.2) is 82.5 Å². The highest BCUT2D eigenvalue weighted by Gasteiger charge is 2.27. The van der Waals surface area contributed by atoms with E-state index in [9.17, 15) is 37.9 Å². The zero-order valence-electron chi connectivity index (χ0n) is 33.0. The second-order valence-electron chi connectivity index (χ2n) is 14.5. The average Bonchev–Trinajstić information content (AvgIpc) is 3.98. The SMILES string of the molecule is CC(=O)N[C@H](C[C@H](CC(=O)c1cn[nH]n1)Cc1ccc(-c2ccccc2F)cc1)C(=O)O.N[C@H](C[C@H](CC(=O)c1cn[nH]n1)Cc1ccc(-c2ccccc2F)cc1)C(=O)O. The van der Waals surface area contributed by atoms with Crippen LogP contribution < -0.4 is 11.1 Å². The Morgan fingerprint density at radius 1 is 0.639 bits per heavy atom. The number of carboxylic acid groups (broad SMARTS) is 2.